The lowest BCUT2D eigenvalue weighted by atomic mass is 10.1. The first kappa shape index (κ1) is 15.0. The van der Waals surface area contributed by atoms with Gasteiger partial charge in [-0.2, -0.15) is 0 Å². The van der Waals surface area contributed by atoms with E-state index in [1.165, 1.54) is 5.56 Å². The zero-order chi connectivity index (χ0) is 12.7. The van der Waals surface area contributed by atoms with E-state index in [0.29, 0.717) is 6.61 Å². The number of rotatable bonds is 7. The van der Waals surface area contributed by atoms with Crippen molar-refractivity contribution in [2.75, 3.05) is 19.8 Å². The topological polar surface area (TPSA) is 21.3 Å². The SMILES string of the molecule is CCCNC(COCC)c1ccc(Cl)c(Br)c1. The second-order valence-corrected chi connectivity index (χ2v) is 5.10. The molecule has 0 aliphatic carbocycles. The Morgan fingerprint density at radius 3 is 2.76 bits per heavy atom. The van der Waals surface area contributed by atoms with Crippen LogP contribution in [0, 0.1) is 0 Å². The summed E-state index contributed by atoms with van der Waals surface area (Å²) in [7, 11) is 0. The Balaban J connectivity index is 2.75. The molecule has 2 nitrogen and oxygen atoms in total. The lowest BCUT2D eigenvalue weighted by molar-refractivity contribution is 0.123. The van der Waals surface area contributed by atoms with E-state index in [-0.39, 0.29) is 6.04 Å². The van der Waals surface area contributed by atoms with Crippen LogP contribution in [0.4, 0.5) is 0 Å². The van der Waals surface area contributed by atoms with Crippen LogP contribution in [0.3, 0.4) is 0 Å². The number of ether oxygens (including phenoxy) is 1. The predicted octanol–water partition coefficient (Wildman–Crippen LogP) is 4.18. The van der Waals surface area contributed by atoms with Crippen LogP contribution in [-0.4, -0.2) is 19.8 Å². The van der Waals surface area contributed by atoms with E-state index in [2.05, 4.69) is 34.2 Å². The first-order valence-electron chi connectivity index (χ1n) is 5.95. The summed E-state index contributed by atoms with van der Waals surface area (Å²) in [5, 5.41) is 4.21. The Morgan fingerprint density at radius 2 is 2.18 bits per heavy atom. The van der Waals surface area contributed by atoms with Crippen LogP contribution in [-0.2, 0) is 4.74 Å². The zero-order valence-corrected chi connectivity index (χ0v) is 12.6. The van der Waals surface area contributed by atoms with Crippen molar-refractivity contribution >= 4 is 27.5 Å². The van der Waals surface area contributed by atoms with Crippen LogP contribution in [0.15, 0.2) is 22.7 Å². The quantitative estimate of drug-likeness (QED) is 0.814. The molecule has 96 valence electrons. The Morgan fingerprint density at radius 1 is 1.41 bits per heavy atom. The maximum atomic E-state index is 6.00. The van der Waals surface area contributed by atoms with Crippen LogP contribution in [0.2, 0.25) is 5.02 Å². The standard InChI is InChI=1S/C13H19BrClNO/c1-3-7-16-13(9-17-4-2)10-5-6-12(15)11(14)8-10/h5-6,8,13,16H,3-4,7,9H2,1-2H3. The van der Waals surface area contributed by atoms with Crippen molar-refractivity contribution in [3.63, 3.8) is 0 Å². The van der Waals surface area contributed by atoms with Crippen molar-refractivity contribution in [3.05, 3.63) is 33.3 Å². The molecule has 0 radical (unpaired) electrons. The Labute approximate surface area is 117 Å². The number of nitrogens with one attached hydrogen (secondary N) is 1. The minimum absolute atomic E-state index is 0.225. The van der Waals surface area contributed by atoms with Gasteiger partial charge in [0.1, 0.15) is 0 Å². The Kier molecular flexibility index (Phi) is 7.12. The smallest absolute Gasteiger partial charge is 0.0661 e. The average Bonchev–Trinajstić information content (AvgIpc) is 2.33. The van der Waals surface area contributed by atoms with Gasteiger partial charge in [0.05, 0.1) is 17.7 Å². The number of benzene rings is 1. The molecule has 0 spiro atoms. The molecule has 17 heavy (non-hydrogen) atoms. The van der Waals surface area contributed by atoms with Gasteiger partial charge in [-0.25, -0.2) is 0 Å². The van der Waals surface area contributed by atoms with Crippen molar-refractivity contribution in [2.24, 2.45) is 0 Å². The highest BCUT2D eigenvalue weighted by molar-refractivity contribution is 9.10. The molecule has 1 aromatic rings. The second kappa shape index (κ2) is 8.09. The maximum absolute atomic E-state index is 6.00. The van der Waals surface area contributed by atoms with Gasteiger partial charge in [0, 0.05) is 11.1 Å². The summed E-state index contributed by atoms with van der Waals surface area (Å²) < 4.78 is 6.43. The molecule has 0 aliphatic heterocycles. The molecular formula is C13H19BrClNO. The summed E-state index contributed by atoms with van der Waals surface area (Å²) in [4.78, 5) is 0. The molecule has 1 rings (SSSR count). The van der Waals surface area contributed by atoms with Crippen molar-refractivity contribution < 1.29 is 4.74 Å². The molecule has 1 atom stereocenters. The highest BCUT2D eigenvalue weighted by Crippen LogP contribution is 2.26. The van der Waals surface area contributed by atoms with Crippen molar-refractivity contribution in [3.8, 4) is 0 Å². The fourth-order valence-corrected chi connectivity index (χ4v) is 2.07. The first-order valence-corrected chi connectivity index (χ1v) is 7.12. The number of halogens is 2. The van der Waals surface area contributed by atoms with E-state index in [9.17, 15) is 0 Å². The fraction of sp³-hybridized carbons (Fsp3) is 0.538. The van der Waals surface area contributed by atoms with E-state index in [1.807, 2.05) is 19.1 Å². The molecule has 0 aromatic heterocycles. The summed E-state index contributed by atoms with van der Waals surface area (Å²) in [6.07, 6.45) is 1.11. The van der Waals surface area contributed by atoms with Gasteiger partial charge >= 0.3 is 0 Å². The largest absolute Gasteiger partial charge is 0.380 e. The van der Waals surface area contributed by atoms with Gasteiger partial charge in [-0.15, -0.1) is 0 Å². The Bertz CT molecular complexity index is 338. The fourth-order valence-electron chi connectivity index (χ4n) is 1.56. The number of hydrogen-bond acceptors (Lipinski definition) is 2. The predicted molar refractivity (Wildman–Crippen MR) is 76.7 cm³/mol. The van der Waals surface area contributed by atoms with Crippen molar-refractivity contribution in [2.45, 2.75) is 26.3 Å². The minimum atomic E-state index is 0.225. The molecule has 0 fully saturated rings. The molecule has 0 amide bonds. The highest BCUT2D eigenvalue weighted by Gasteiger charge is 2.11. The molecular weight excluding hydrogens is 302 g/mol. The summed E-state index contributed by atoms with van der Waals surface area (Å²) in [6.45, 7) is 6.57. The van der Waals surface area contributed by atoms with E-state index in [4.69, 9.17) is 16.3 Å². The van der Waals surface area contributed by atoms with E-state index >= 15 is 0 Å². The highest BCUT2D eigenvalue weighted by atomic mass is 79.9. The third-order valence-corrected chi connectivity index (χ3v) is 3.69. The van der Waals surface area contributed by atoms with Gasteiger partial charge in [0.15, 0.2) is 0 Å². The molecule has 0 saturated heterocycles. The Hall–Kier alpha value is -0.0900. The second-order valence-electron chi connectivity index (χ2n) is 3.84. The lowest BCUT2D eigenvalue weighted by Gasteiger charge is -2.19. The van der Waals surface area contributed by atoms with Gasteiger partial charge in [0.2, 0.25) is 0 Å². The average molecular weight is 321 g/mol. The van der Waals surface area contributed by atoms with Crippen LogP contribution < -0.4 is 5.32 Å². The third-order valence-electron chi connectivity index (χ3n) is 2.48. The minimum Gasteiger partial charge on any atom is -0.380 e. The normalized spacial score (nSPS) is 12.7. The molecule has 0 aliphatic rings. The zero-order valence-electron chi connectivity index (χ0n) is 10.3. The molecule has 4 heteroatoms. The first-order chi connectivity index (χ1) is 8.19. The number of hydrogen-bond donors (Lipinski definition) is 1. The van der Waals surface area contributed by atoms with Crippen LogP contribution in [0.5, 0.6) is 0 Å². The van der Waals surface area contributed by atoms with Crippen LogP contribution >= 0.6 is 27.5 Å². The van der Waals surface area contributed by atoms with Crippen LogP contribution in [0.25, 0.3) is 0 Å². The van der Waals surface area contributed by atoms with Gasteiger partial charge in [0.25, 0.3) is 0 Å². The summed E-state index contributed by atoms with van der Waals surface area (Å²) >= 11 is 9.45. The molecule has 1 N–H and O–H groups in total. The van der Waals surface area contributed by atoms with Crippen LogP contribution in [0.1, 0.15) is 31.9 Å². The van der Waals surface area contributed by atoms with Gasteiger partial charge < -0.3 is 10.1 Å². The molecule has 1 aromatic carbocycles. The van der Waals surface area contributed by atoms with E-state index in [0.717, 1.165) is 29.1 Å². The van der Waals surface area contributed by atoms with Crippen molar-refractivity contribution in [1.29, 1.82) is 0 Å². The third kappa shape index (κ3) is 4.96. The monoisotopic (exact) mass is 319 g/mol. The molecule has 1 unspecified atom stereocenters. The van der Waals surface area contributed by atoms with Gasteiger partial charge in [-0.1, -0.05) is 24.6 Å². The summed E-state index contributed by atoms with van der Waals surface area (Å²) in [5.74, 6) is 0. The molecule has 0 heterocycles. The van der Waals surface area contributed by atoms with E-state index < -0.39 is 0 Å². The lowest BCUT2D eigenvalue weighted by Crippen LogP contribution is -2.26. The molecule has 0 bridgehead atoms. The summed E-state index contributed by atoms with van der Waals surface area (Å²) in [5.41, 5.74) is 1.20. The van der Waals surface area contributed by atoms with Gasteiger partial charge in [-0.3, -0.25) is 0 Å². The van der Waals surface area contributed by atoms with Crippen molar-refractivity contribution in [1.82, 2.24) is 5.32 Å². The molecule has 0 saturated carbocycles. The van der Waals surface area contributed by atoms with E-state index in [1.54, 1.807) is 0 Å². The summed E-state index contributed by atoms with van der Waals surface area (Å²) in [6, 6.07) is 6.23. The maximum Gasteiger partial charge on any atom is 0.0661 e. The van der Waals surface area contributed by atoms with Gasteiger partial charge in [-0.05, 0) is 53.5 Å².